The highest BCUT2D eigenvalue weighted by molar-refractivity contribution is 7.99. The lowest BCUT2D eigenvalue weighted by Gasteiger charge is -2.16. The van der Waals surface area contributed by atoms with E-state index in [4.69, 9.17) is 11.6 Å². The average molecular weight is 206 g/mol. The Morgan fingerprint density at radius 3 is 3.00 bits per heavy atom. The Balaban J connectivity index is 2.16. The molecule has 0 amide bonds. The van der Waals surface area contributed by atoms with Crippen LogP contribution in [0.2, 0.25) is 0 Å². The van der Waals surface area contributed by atoms with E-state index in [1.807, 2.05) is 6.08 Å². The molecule has 1 aliphatic rings. The molecule has 1 heterocycles. The van der Waals surface area contributed by atoms with Crippen molar-refractivity contribution in [2.45, 2.75) is 6.42 Å². The molecule has 1 fully saturated rings. The van der Waals surface area contributed by atoms with Crippen molar-refractivity contribution in [2.24, 2.45) is 0 Å². The minimum absolute atomic E-state index is 0.641. The molecular formula is C9H16ClNS. The van der Waals surface area contributed by atoms with Crippen LogP contribution in [-0.4, -0.2) is 41.9 Å². The molecular weight excluding hydrogens is 190 g/mol. The summed E-state index contributed by atoms with van der Waals surface area (Å²) in [6.07, 6.45) is 5.53. The fourth-order valence-electron chi connectivity index (χ4n) is 1.27. The summed E-state index contributed by atoms with van der Waals surface area (Å²) in [6.45, 7) is 3.56. The van der Waals surface area contributed by atoms with E-state index < -0.39 is 0 Å². The third-order valence-corrected chi connectivity index (χ3v) is 3.16. The highest BCUT2D eigenvalue weighted by Crippen LogP contribution is 2.09. The Morgan fingerprint density at radius 2 is 2.17 bits per heavy atom. The van der Waals surface area contributed by atoms with Crippen molar-refractivity contribution >= 4 is 23.4 Å². The van der Waals surface area contributed by atoms with Crippen LogP contribution in [-0.2, 0) is 0 Å². The van der Waals surface area contributed by atoms with E-state index in [1.165, 1.54) is 31.0 Å². The topological polar surface area (TPSA) is 3.24 Å². The number of rotatable bonds is 3. The lowest BCUT2D eigenvalue weighted by Crippen LogP contribution is -2.25. The normalized spacial score (nSPS) is 21.4. The maximum absolute atomic E-state index is 5.54. The van der Waals surface area contributed by atoms with E-state index in [0.717, 1.165) is 6.54 Å². The molecule has 0 saturated carbocycles. The van der Waals surface area contributed by atoms with E-state index in [1.54, 1.807) is 0 Å². The van der Waals surface area contributed by atoms with Crippen LogP contribution in [0.4, 0.5) is 0 Å². The predicted molar refractivity (Wildman–Crippen MR) is 58.2 cm³/mol. The van der Waals surface area contributed by atoms with Gasteiger partial charge in [-0.1, -0.05) is 12.2 Å². The summed E-state index contributed by atoms with van der Waals surface area (Å²) in [5, 5.41) is 0. The van der Waals surface area contributed by atoms with Crippen molar-refractivity contribution in [3.63, 3.8) is 0 Å². The highest BCUT2D eigenvalue weighted by atomic mass is 35.5. The van der Waals surface area contributed by atoms with Gasteiger partial charge < -0.3 is 0 Å². The van der Waals surface area contributed by atoms with Gasteiger partial charge in [0.25, 0.3) is 0 Å². The molecule has 0 atom stereocenters. The first-order valence-electron chi connectivity index (χ1n) is 4.44. The van der Waals surface area contributed by atoms with Gasteiger partial charge in [0.1, 0.15) is 0 Å². The summed E-state index contributed by atoms with van der Waals surface area (Å²) in [7, 11) is 0. The fraction of sp³-hybridized carbons (Fsp3) is 0.778. The first kappa shape index (κ1) is 10.4. The number of thioether (sulfide) groups is 1. The Labute approximate surface area is 84.1 Å². The second-order valence-corrected chi connectivity index (χ2v) is 4.43. The van der Waals surface area contributed by atoms with Gasteiger partial charge in [-0.25, -0.2) is 0 Å². The van der Waals surface area contributed by atoms with Gasteiger partial charge in [0.2, 0.25) is 0 Å². The van der Waals surface area contributed by atoms with Crippen molar-refractivity contribution < 1.29 is 0 Å². The Kier molecular flexibility index (Phi) is 5.92. The summed E-state index contributed by atoms with van der Waals surface area (Å²) in [6, 6.07) is 0. The number of allylic oxidation sites excluding steroid dienone is 1. The minimum atomic E-state index is 0.641. The number of hydrogen-bond acceptors (Lipinski definition) is 2. The molecule has 70 valence electrons. The second kappa shape index (κ2) is 6.81. The van der Waals surface area contributed by atoms with Crippen molar-refractivity contribution in [3.05, 3.63) is 12.2 Å². The van der Waals surface area contributed by atoms with Crippen LogP contribution in [0.25, 0.3) is 0 Å². The molecule has 0 unspecified atom stereocenters. The molecule has 0 aromatic rings. The Morgan fingerprint density at radius 1 is 1.25 bits per heavy atom. The first-order chi connectivity index (χ1) is 5.93. The zero-order valence-corrected chi connectivity index (χ0v) is 8.91. The number of nitrogens with zero attached hydrogens (tertiary/aromatic N) is 1. The summed E-state index contributed by atoms with van der Waals surface area (Å²) >= 11 is 7.61. The quantitative estimate of drug-likeness (QED) is 0.514. The molecule has 0 spiro atoms. The van der Waals surface area contributed by atoms with Gasteiger partial charge >= 0.3 is 0 Å². The molecule has 0 aliphatic carbocycles. The fourth-order valence-corrected chi connectivity index (χ4v) is 2.32. The maximum atomic E-state index is 5.54. The molecule has 0 bridgehead atoms. The standard InChI is InChI=1S/C9H16ClNS/c10-4-1-2-5-11-6-3-8-12-9-7-11/h1-2H,3-9H2/b2-1+. The summed E-state index contributed by atoms with van der Waals surface area (Å²) in [4.78, 5) is 2.49. The molecule has 0 aromatic heterocycles. The average Bonchev–Trinajstić information content (AvgIpc) is 2.33. The van der Waals surface area contributed by atoms with E-state index in [0.29, 0.717) is 5.88 Å². The minimum Gasteiger partial charge on any atom is -0.299 e. The molecule has 1 aliphatic heterocycles. The lowest BCUT2D eigenvalue weighted by molar-refractivity contribution is 0.327. The summed E-state index contributed by atoms with van der Waals surface area (Å²) < 4.78 is 0. The van der Waals surface area contributed by atoms with Gasteiger partial charge in [0, 0.05) is 24.7 Å². The molecule has 0 radical (unpaired) electrons. The van der Waals surface area contributed by atoms with Gasteiger partial charge in [-0.3, -0.25) is 4.90 Å². The zero-order valence-electron chi connectivity index (χ0n) is 7.34. The molecule has 12 heavy (non-hydrogen) atoms. The van der Waals surface area contributed by atoms with Crippen molar-refractivity contribution in [1.82, 2.24) is 4.90 Å². The number of alkyl halides is 1. The highest BCUT2D eigenvalue weighted by Gasteiger charge is 2.06. The molecule has 1 nitrogen and oxygen atoms in total. The van der Waals surface area contributed by atoms with Gasteiger partial charge in [-0.05, 0) is 18.7 Å². The van der Waals surface area contributed by atoms with E-state index in [2.05, 4.69) is 22.7 Å². The summed E-state index contributed by atoms with van der Waals surface area (Å²) in [5.41, 5.74) is 0. The van der Waals surface area contributed by atoms with Crippen LogP contribution in [0.3, 0.4) is 0 Å². The monoisotopic (exact) mass is 205 g/mol. The molecule has 3 heteroatoms. The van der Waals surface area contributed by atoms with Gasteiger partial charge in [-0.2, -0.15) is 11.8 Å². The van der Waals surface area contributed by atoms with Crippen LogP contribution in [0.5, 0.6) is 0 Å². The smallest absolute Gasteiger partial charge is 0.0404 e. The van der Waals surface area contributed by atoms with Crippen LogP contribution < -0.4 is 0 Å². The van der Waals surface area contributed by atoms with Crippen LogP contribution in [0.1, 0.15) is 6.42 Å². The first-order valence-corrected chi connectivity index (χ1v) is 6.13. The largest absolute Gasteiger partial charge is 0.299 e. The lowest BCUT2D eigenvalue weighted by atomic mass is 10.4. The second-order valence-electron chi connectivity index (χ2n) is 2.89. The van der Waals surface area contributed by atoms with E-state index in [9.17, 15) is 0 Å². The SMILES string of the molecule is ClC/C=C/CN1CCCSCC1. The van der Waals surface area contributed by atoms with Gasteiger partial charge in [0.15, 0.2) is 0 Å². The third-order valence-electron chi connectivity index (χ3n) is 1.93. The Hall–Kier alpha value is 0.340. The Bertz CT molecular complexity index is 130. The predicted octanol–water partition coefficient (Wildman–Crippen LogP) is 2.22. The van der Waals surface area contributed by atoms with Crippen LogP contribution in [0, 0.1) is 0 Å². The summed E-state index contributed by atoms with van der Waals surface area (Å²) in [5.74, 6) is 3.26. The van der Waals surface area contributed by atoms with Crippen LogP contribution >= 0.6 is 23.4 Å². The van der Waals surface area contributed by atoms with Crippen molar-refractivity contribution in [1.29, 1.82) is 0 Å². The molecule has 0 aromatic carbocycles. The maximum Gasteiger partial charge on any atom is 0.0404 e. The molecule has 1 saturated heterocycles. The van der Waals surface area contributed by atoms with Gasteiger partial charge in [0.05, 0.1) is 0 Å². The van der Waals surface area contributed by atoms with E-state index >= 15 is 0 Å². The number of hydrogen-bond donors (Lipinski definition) is 0. The van der Waals surface area contributed by atoms with E-state index in [-0.39, 0.29) is 0 Å². The van der Waals surface area contributed by atoms with Crippen LogP contribution in [0.15, 0.2) is 12.2 Å². The molecule has 1 rings (SSSR count). The molecule has 0 N–H and O–H groups in total. The van der Waals surface area contributed by atoms with Crippen molar-refractivity contribution in [2.75, 3.05) is 37.0 Å². The van der Waals surface area contributed by atoms with Crippen molar-refractivity contribution in [3.8, 4) is 0 Å². The number of halogens is 1. The third kappa shape index (κ3) is 4.39. The zero-order chi connectivity index (χ0) is 8.65. The van der Waals surface area contributed by atoms with Gasteiger partial charge in [-0.15, -0.1) is 11.6 Å².